The van der Waals surface area contributed by atoms with Crippen molar-refractivity contribution in [2.75, 3.05) is 11.1 Å². The standard InChI is InChI=1S/C22H17F6N9O/c1-20(11-4-3-9(23)7-30-11)13-15(29)34-17(35-16(13)36-19(20)38)14-10-8-31-37(2)18(10)33-12(32-14)5-6-21(24,25)22(26,27)28/h3-4,7-8H,5-6H2,1-2H3,(H3,29,34,35,36,38)/i2D3. The molecule has 5 heterocycles. The van der Waals surface area contributed by atoms with Crippen LogP contribution in [0, 0.1) is 5.82 Å². The van der Waals surface area contributed by atoms with E-state index < -0.39 is 60.5 Å². The predicted molar refractivity (Wildman–Crippen MR) is 120 cm³/mol. The second-order valence-corrected chi connectivity index (χ2v) is 8.58. The second kappa shape index (κ2) is 8.32. The third-order valence-corrected chi connectivity index (χ3v) is 6.13. The van der Waals surface area contributed by atoms with Crippen molar-refractivity contribution in [1.82, 2.24) is 34.7 Å². The maximum atomic E-state index is 13.6. The van der Waals surface area contributed by atoms with Crippen molar-refractivity contribution in [1.29, 1.82) is 0 Å². The molecular formula is C22H17F6N9O. The largest absolute Gasteiger partial charge is 0.453 e. The van der Waals surface area contributed by atoms with Crippen molar-refractivity contribution in [2.24, 2.45) is 6.98 Å². The zero-order valence-corrected chi connectivity index (χ0v) is 19.1. The van der Waals surface area contributed by atoms with Gasteiger partial charge in [0.1, 0.15) is 34.4 Å². The Bertz CT molecular complexity index is 1690. The lowest BCUT2D eigenvalue weighted by atomic mass is 9.81. The first-order chi connectivity index (χ1) is 18.9. The van der Waals surface area contributed by atoms with Gasteiger partial charge >= 0.3 is 12.1 Å². The molecule has 4 aromatic heterocycles. The number of rotatable bonds is 5. The Hall–Kier alpha value is -4.37. The van der Waals surface area contributed by atoms with Crippen LogP contribution in [0.4, 0.5) is 38.0 Å². The molecule has 0 saturated heterocycles. The number of carbonyl (C=O) groups is 1. The SMILES string of the molecule is [2H]C([2H])([2H])n1ncc2c(-c3nc(N)c4c(n3)NC(=O)C4(C)c3ccc(F)cn3)nc(CCC(F)(F)C(F)(F)F)nc21. The minimum Gasteiger partial charge on any atom is -0.383 e. The molecule has 0 aliphatic carbocycles. The van der Waals surface area contributed by atoms with Gasteiger partial charge in [0.05, 0.1) is 29.0 Å². The van der Waals surface area contributed by atoms with E-state index in [2.05, 4.69) is 35.3 Å². The maximum absolute atomic E-state index is 13.6. The third kappa shape index (κ3) is 3.86. The normalized spacial score (nSPS) is 19.1. The number of pyridine rings is 1. The van der Waals surface area contributed by atoms with Crippen LogP contribution < -0.4 is 11.1 Å². The van der Waals surface area contributed by atoms with Gasteiger partial charge in [-0.15, -0.1) is 0 Å². The molecule has 0 spiro atoms. The molecule has 0 bridgehead atoms. The van der Waals surface area contributed by atoms with Gasteiger partial charge in [0.15, 0.2) is 11.5 Å². The number of aryl methyl sites for hydroxylation is 2. The maximum Gasteiger partial charge on any atom is 0.453 e. The van der Waals surface area contributed by atoms with Gasteiger partial charge in [0.25, 0.3) is 0 Å². The third-order valence-electron chi connectivity index (χ3n) is 6.13. The summed E-state index contributed by atoms with van der Waals surface area (Å²) >= 11 is 0. The summed E-state index contributed by atoms with van der Waals surface area (Å²) in [6.45, 7) is -1.45. The highest BCUT2D eigenvalue weighted by Gasteiger charge is 2.56. The van der Waals surface area contributed by atoms with Gasteiger partial charge in [-0.3, -0.25) is 14.5 Å². The molecule has 1 amide bonds. The Labute approximate surface area is 213 Å². The Balaban J connectivity index is 1.66. The molecule has 1 unspecified atom stereocenters. The number of carbonyl (C=O) groups excluding carboxylic acids is 1. The highest BCUT2D eigenvalue weighted by Crippen LogP contribution is 2.44. The Kier molecular flexibility index (Phi) is 4.75. The van der Waals surface area contributed by atoms with Gasteiger partial charge in [-0.25, -0.2) is 24.3 Å². The molecule has 198 valence electrons. The predicted octanol–water partition coefficient (Wildman–Crippen LogP) is 3.32. The number of hydrogen-bond acceptors (Lipinski definition) is 8. The fourth-order valence-electron chi connectivity index (χ4n) is 4.08. The van der Waals surface area contributed by atoms with Gasteiger partial charge < -0.3 is 11.1 Å². The highest BCUT2D eigenvalue weighted by atomic mass is 19.4. The van der Waals surface area contributed by atoms with E-state index in [9.17, 15) is 31.1 Å². The van der Waals surface area contributed by atoms with Crippen LogP contribution in [0.15, 0.2) is 24.5 Å². The zero-order valence-electron chi connectivity index (χ0n) is 22.1. The Morgan fingerprint density at radius 2 is 1.89 bits per heavy atom. The molecule has 3 N–H and O–H groups in total. The smallest absolute Gasteiger partial charge is 0.383 e. The van der Waals surface area contributed by atoms with Crippen LogP contribution in [0.1, 0.15) is 34.5 Å². The zero-order chi connectivity index (χ0) is 30.1. The topological polar surface area (TPSA) is 137 Å². The number of nitrogen functional groups attached to an aromatic ring is 1. The molecule has 38 heavy (non-hydrogen) atoms. The second-order valence-electron chi connectivity index (χ2n) is 8.58. The van der Waals surface area contributed by atoms with Crippen molar-refractivity contribution < 1.29 is 35.2 Å². The van der Waals surface area contributed by atoms with E-state index in [1.165, 1.54) is 13.0 Å². The van der Waals surface area contributed by atoms with Crippen molar-refractivity contribution in [3.8, 4) is 11.5 Å². The van der Waals surface area contributed by atoms with E-state index in [4.69, 9.17) is 9.85 Å². The summed E-state index contributed by atoms with van der Waals surface area (Å²) in [6.07, 6.45) is -6.63. The van der Waals surface area contributed by atoms with Gasteiger partial charge in [-0.2, -0.15) is 27.1 Å². The summed E-state index contributed by atoms with van der Waals surface area (Å²) in [5.74, 6) is -7.64. The number of fused-ring (bicyclic) bond motifs is 2. The number of aromatic nitrogens is 7. The number of nitrogens with one attached hydrogen (secondary N) is 1. The molecule has 0 aromatic carbocycles. The van der Waals surface area contributed by atoms with E-state index in [0.717, 1.165) is 18.5 Å². The molecule has 10 nitrogen and oxygen atoms in total. The average molecular weight is 540 g/mol. The molecule has 0 radical (unpaired) electrons. The lowest BCUT2D eigenvalue weighted by molar-refractivity contribution is -0.284. The van der Waals surface area contributed by atoms with Crippen LogP contribution in [0.25, 0.3) is 22.6 Å². The summed E-state index contributed by atoms with van der Waals surface area (Å²) in [5, 5.41) is 6.19. The van der Waals surface area contributed by atoms with E-state index >= 15 is 0 Å². The number of hydrogen-bond donors (Lipinski definition) is 2. The fraction of sp³-hybridized carbons (Fsp3) is 0.318. The van der Waals surface area contributed by atoms with Crippen LogP contribution in [-0.4, -0.2) is 52.7 Å². The first-order valence-electron chi connectivity index (χ1n) is 12.2. The van der Waals surface area contributed by atoms with Crippen LogP contribution in [0.2, 0.25) is 0 Å². The summed E-state index contributed by atoms with van der Waals surface area (Å²) in [6, 6.07) is 2.37. The Morgan fingerprint density at radius 1 is 1.13 bits per heavy atom. The minimum atomic E-state index is -5.83. The van der Waals surface area contributed by atoms with Gasteiger partial charge in [-0.1, -0.05) is 0 Å². The van der Waals surface area contributed by atoms with Crippen LogP contribution >= 0.6 is 0 Å². The highest BCUT2D eigenvalue weighted by molar-refractivity contribution is 6.09. The molecule has 0 saturated carbocycles. The molecule has 1 atom stereocenters. The average Bonchev–Trinajstić information content (AvgIpc) is 3.41. The molecule has 0 fully saturated rings. The number of nitrogens with two attached hydrogens (primary N) is 1. The number of amides is 1. The number of nitrogens with zero attached hydrogens (tertiary/aromatic N) is 7. The number of anilines is 2. The molecule has 1 aliphatic rings. The number of alkyl halides is 5. The summed E-state index contributed by atoms with van der Waals surface area (Å²) in [7, 11) is 0. The van der Waals surface area contributed by atoms with E-state index in [1.807, 2.05) is 0 Å². The van der Waals surface area contributed by atoms with Crippen molar-refractivity contribution in [2.45, 2.75) is 37.3 Å². The lowest BCUT2D eigenvalue weighted by Crippen LogP contribution is -2.36. The molecule has 5 rings (SSSR count). The minimum absolute atomic E-state index is 0.0823. The van der Waals surface area contributed by atoms with Gasteiger partial charge in [0, 0.05) is 23.9 Å². The molecule has 16 heteroatoms. The summed E-state index contributed by atoms with van der Waals surface area (Å²) in [4.78, 5) is 33.4. The molecule has 4 aromatic rings. The Morgan fingerprint density at radius 3 is 2.55 bits per heavy atom. The van der Waals surface area contributed by atoms with Crippen molar-refractivity contribution in [3.05, 3.63) is 47.4 Å². The molecule has 1 aliphatic heterocycles. The summed E-state index contributed by atoms with van der Waals surface area (Å²) < 4.78 is 102. The first kappa shape index (κ1) is 21.7. The van der Waals surface area contributed by atoms with Crippen LogP contribution in [0.3, 0.4) is 0 Å². The van der Waals surface area contributed by atoms with Crippen molar-refractivity contribution in [3.63, 3.8) is 0 Å². The quantitative estimate of drug-likeness (QED) is 0.368. The summed E-state index contributed by atoms with van der Waals surface area (Å²) in [5.41, 5.74) is 4.17. The van der Waals surface area contributed by atoms with Crippen LogP contribution in [-0.2, 0) is 23.6 Å². The van der Waals surface area contributed by atoms with Gasteiger partial charge in [0.2, 0.25) is 5.91 Å². The van der Waals surface area contributed by atoms with E-state index in [0.29, 0.717) is 4.68 Å². The van der Waals surface area contributed by atoms with E-state index in [1.54, 1.807) is 0 Å². The number of halogens is 6. The molecular weight excluding hydrogens is 520 g/mol. The van der Waals surface area contributed by atoms with Gasteiger partial charge in [-0.05, 0) is 19.1 Å². The van der Waals surface area contributed by atoms with Crippen LogP contribution in [0.5, 0.6) is 0 Å². The monoisotopic (exact) mass is 540 g/mol. The first-order valence-corrected chi connectivity index (χ1v) is 10.7. The lowest BCUT2D eigenvalue weighted by Gasteiger charge is -2.22. The fourth-order valence-corrected chi connectivity index (χ4v) is 4.08. The van der Waals surface area contributed by atoms with E-state index in [-0.39, 0.29) is 39.8 Å². The van der Waals surface area contributed by atoms with Crippen molar-refractivity contribution >= 4 is 28.6 Å².